The van der Waals surface area contributed by atoms with E-state index < -0.39 is 0 Å². The Kier molecular flexibility index (Phi) is 4.52. The zero-order valence-corrected chi connectivity index (χ0v) is 13.9. The number of hydrogen-bond donors (Lipinski definition) is 0. The first-order valence-corrected chi connectivity index (χ1v) is 7.67. The normalized spacial score (nSPS) is 10.5. The van der Waals surface area contributed by atoms with Gasteiger partial charge in [0.2, 0.25) is 11.7 Å². The number of rotatable bonds is 5. The number of methoxy groups -OCH3 is 1. The molecule has 0 N–H and O–H groups in total. The minimum absolute atomic E-state index is 0.126. The van der Waals surface area contributed by atoms with E-state index in [1.54, 1.807) is 18.2 Å². The van der Waals surface area contributed by atoms with Crippen LogP contribution < -0.4 is 9.47 Å². The summed E-state index contributed by atoms with van der Waals surface area (Å²) in [5.74, 6) is 0.722. The molecule has 3 aromatic rings. The van der Waals surface area contributed by atoms with Crippen LogP contribution in [-0.2, 0) is 0 Å². The number of carbonyl (C=O) groups is 1. The van der Waals surface area contributed by atoms with Gasteiger partial charge in [-0.2, -0.15) is 0 Å². The largest absolute Gasteiger partial charge is 0.496 e. The van der Waals surface area contributed by atoms with E-state index in [0.29, 0.717) is 17.2 Å². The summed E-state index contributed by atoms with van der Waals surface area (Å²) < 4.78 is 11.7. The molecule has 0 aliphatic carbocycles. The molecule has 0 saturated heterocycles. The van der Waals surface area contributed by atoms with Gasteiger partial charge in [0.1, 0.15) is 12.1 Å². The van der Waals surface area contributed by atoms with Gasteiger partial charge in [0, 0.05) is 4.47 Å². The first kappa shape index (κ1) is 15.4. The van der Waals surface area contributed by atoms with E-state index >= 15 is 0 Å². The summed E-state index contributed by atoms with van der Waals surface area (Å²) >= 11 is 3.41. The number of Topliss-reactive ketones (excluding diaryl/α,β-unsaturated/α-hetero) is 1. The standard InChI is InChI=1S/C17H13BrN2O3/c1-22-16-5-3-2-4-12(16)15(21)9-23-17-13-8-11(18)6-7-14(13)19-10-20-17/h2-8,10H,9H2,1H3. The predicted octanol–water partition coefficient (Wildman–Crippen LogP) is 3.66. The molecule has 23 heavy (non-hydrogen) atoms. The molecule has 3 rings (SSSR count). The van der Waals surface area contributed by atoms with Crippen LogP contribution in [0.25, 0.3) is 10.9 Å². The zero-order chi connectivity index (χ0) is 16.2. The van der Waals surface area contributed by atoms with Gasteiger partial charge in [-0.05, 0) is 30.3 Å². The Morgan fingerprint density at radius 3 is 2.83 bits per heavy atom. The monoisotopic (exact) mass is 372 g/mol. The molecule has 0 atom stereocenters. The minimum atomic E-state index is -0.177. The Balaban J connectivity index is 1.83. The number of carbonyl (C=O) groups excluding carboxylic acids is 1. The smallest absolute Gasteiger partial charge is 0.224 e. The molecular weight excluding hydrogens is 360 g/mol. The van der Waals surface area contributed by atoms with E-state index in [-0.39, 0.29) is 12.4 Å². The van der Waals surface area contributed by atoms with Gasteiger partial charge in [0.15, 0.2) is 6.61 Å². The van der Waals surface area contributed by atoms with Crippen molar-refractivity contribution in [2.75, 3.05) is 13.7 Å². The molecule has 0 unspecified atom stereocenters. The van der Waals surface area contributed by atoms with Crippen LogP contribution in [-0.4, -0.2) is 29.5 Å². The average Bonchev–Trinajstić information content (AvgIpc) is 2.59. The highest BCUT2D eigenvalue weighted by molar-refractivity contribution is 9.10. The van der Waals surface area contributed by atoms with E-state index in [1.165, 1.54) is 13.4 Å². The number of ether oxygens (including phenoxy) is 2. The lowest BCUT2D eigenvalue weighted by atomic mass is 10.1. The molecular formula is C17H13BrN2O3. The summed E-state index contributed by atoms with van der Waals surface area (Å²) in [4.78, 5) is 20.6. The number of para-hydroxylation sites is 1. The Morgan fingerprint density at radius 2 is 2.00 bits per heavy atom. The van der Waals surface area contributed by atoms with E-state index in [2.05, 4.69) is 25.9 Å². The molecule has 1 heterocycles. The maximum absolute atomic E-state index is 12.3. The number of benzene rings is 2. The number of halogens is 1. The number of ketones is 1. The minimum Gasteiger partial charge on any atom is -0.496 e. The Hall–Kier alpha value is -2.47. The fourth-order valence-electron chi connectivity index (χ4n) is 2.21. The fourth-order valence-corrected chi connectivity index (χ4v) is 2.57. The molecule has 6 heteroatoms. The van der Waals surface area contributed by atoms with Crippen molar-refractivity contribution < 1.29 is 14.3 Å². The fraction of sp³-hybridized carbons (Fsp3) is 0.118. The number of aromatic nitrogens is 2. The Labute approximate surface area is 141 Å². The van der Waals surface area contributed by atoms with Crippen LogP contribution >= 0.6 is 15.9 Å². The number of nitrogens with zero attached hydrogens (tertiary/aromatic N) is 2. The summed E-state index contributed by atoms with van der Waals surface area (Å²) in [6.45, 7) is -0.126. The van der Waals surface area contributed by atoms with Crippen LogP contribution in [0.2, 0.25) is 0 Å². The lowest BCUT2D eigenvalue weighted by Crippen LogP contribution is -2.13. The topological polar surface area (TPSA) is 61.3 Å². The molecule has 5 nitrogen and oxygen atoms in total. The van der Waals surface area contributed by atoms with E-state index in [9.17, 15) is 4.79 Å². The van der Waals surface area contributed by atoms with Crippen molar-refractivity contribution in [1.29, 1.82) is 0 Å². The van der Waals surface area contributed by atoms with Crippen molar-refractivity contribution in [3.8, 4) is 11.6 Å². The quantitative estimate of drug-likeness (QED) is 0.639. The van der Waals surface area contributed by atoms with Gasteiger partial charge in [0.25, 0.3) is 0 Å². The molecule has 1 aromatic heterocycles. The molecule has 116 valence electrons. The van der Waals surface area contributed by atoms with Crippen molar-refractivity contribution in [2.24, 2.45) is 0 Å². The summed E-state index contributed by atoms with van der Waals surface area (Å²) in [6, 6.07) is 12.6. The van der Waals surface area contributed by atoms with Gasteiger partial charge >= 0.3 is 0 Å². The summed E-state index contributed by atoms with van der Waals surface area (Å²) in [6.07, 6.45) is 1.42. The summed E-state index contributed by atoms with van der Waals surface area (Å²) in [5.41, 5.74) is 1.23. The maximum atomic E-state index is 12.3. The average molecular weight is 373 g/mol. The van der Waals surface area contributed by atoms with Crippen molar-refractivity contribution in [2.45, 2.75) is 0 Å². The molecule has 0 amide bonds. The number of fused-ring (bicyclic) bond motifs is 1. The zero-order valence-electron chi connectivity index (χ0n) is 12.3. The van der Waals surface area contributed by atoms with Gasteiger partial charge in [-0.1, -0.05) is 28.1 Å². The van der Waals surface area contributed by atoms with Crippen LogP contribution in [0.1, 0.15) is 10.4 Å². The highest BCUT2D eigenvalue weighted by atomic mass is 79.9. The SMILES string of the molecule is COc1ccccc1C(=O)COc1ncnc2ccc(Br)cc12. The number of hydrogen-bond acceptors (Lipinski definition) is 5. The van der Waals surface area contributed by atoms with E-state index in [4.69, 9.17) is 9.47 Å². The second kappa shape index (κ2) is 6.75. The van der Waals surface area contributed by atoms with E-state index in [1.807, 2.05) is 24.3 Å². The maximum Gasteiger partial charge on any atom is 0.224 e. The van der Waals surface area contributed by atoms with Crippen LogP contribution in [0.3, 0.4) is 0 Å². The lowest BCUT2D eigenvalue weighted by molar-refractivity contribution is 0.0916. The van der Waals surface area contributed by atoms with Crippen molar-refractivity contribution in [1.82, 2.24) is 9.97 Å². The predicted molar refractivity (Wildman–Crippen MR) is 90.1 cm³/mol. The van der Waals surface area contributed by atoms with Gasteiger partial charge in [-0.3, -0.25) is 4.79 Å². The first-order valence-electron chi connectivity index (χ1n) is 6.88. The molecule has 0 aliphatic rings. The van der Waals surface area contributed by atoms with Crippen molar-refractivity contribution in [3.63, 3.8) is 0 Å². The van der Waals surface area contributed by atoms with Crippen LogP contribution in [0, 0.1) is 0 Å². The lowest BCUT2D eigenvalue weighted by Gasteiger charge is -2.09. The summed E-state index contributed by atoms with van der Waals surface area (Å²) in [7, 11) is 1.53. The van der Waals surface area contributed by atoms with Gasteiger partial charge in [0.05, 0.1) is 23.6 Å². The van der Waals surface area contributed by atoms with Gasteiger partial charge in [-0.15, -0.1) is 0 Å². The molecule has 0 aliphatic heterocycles. The van der Waals surface area contributed by atoms with Gasteiger partial charge < -0.3 is 9.47 Å². The molecule has 0 bridgehead atoms. The highest BCUT2D eigenvalue weighted by Gasteiger charge is 2.14. The summed E-state index contributed by atoms with van der Waals surface area (Å²) in [5, 5.41) is 0.745. The Morgan fingerprint density at radius 1 is 1.17 bits per heavy atom. The molecule has 0 fully saturated rings. The highest BCUT2D eigenvalue weighted by Crippen LogP contribution is 2.25. The third kappa shape index (κ3) is 3.32. The van der Waals surface area contributed by atoms with Crippen molar-refractivity contribution >= 4 is 32.6 Å². The van der Waals surface area contributed by atoms with E-state index in [0.717, 1.165) is 15.4 Å². The second-order valence-corrected chi connectivity index (χ2v) is 5.67. The molecule has 2 aromatic carbocycles. The third-order valence-corrected chi connectivity index (χ3v) is 3.80. The molecule has 0 radical (unpaired) electrons. The van der Waals surface area contributed by atoms with Crippen LogP contribution in [0.4, 0.5) is 0 Å². The van der Waals surface area contributed by atoms with Crippen LogP contribution in [0.5, 0.6) is 11.6 Å². The van der Waals surface area contributed by atoms with Crippen LogP contribution in [0.15, 0.2) is 53.3 Å². The second-order valence-electron chi connectivity index (χ2n) is 4.75. The first-order chi connectivity index (χ1) is 11.2. The van der Waals surface area contributed by atoms with Gasteiger partial charge in [-0.25, -0.2) is 9.97 Å². The molecule has 0 spiro atoms. The van der Waals surface area contributed by atoms with Crippen molar-refractivity contribution in [3.05, 3.63) is 58.8 Å². The molecule has 0 saturated carbocycles. The third-order valence-electron chi connectivity index (χ3n) is 3.31. The Bertz CT molecular complexity index is 867.